The van der Waals surface area contributed by atoms with E-state index in [4.69, 9.17) is 9.15 Å². The van der Waals surface area contributed by atoms with Gasteiger partial charge in [-0.05, 0) is 17.2 Å². The molecule has 4 heteroatoms. The second-order valence-electron chi connectivity index (χ2n) is 5.87. The minimum atomic E-state index is -0.372. The fourth-order valence-corrected chi connectivity index (χ4v) is 2.81. The fourth-order valence-electron chi connectivity index (χ4n) is 2.81. The second-order valence-corrected chi connectivity index (χ2v) is 5.87. The van der Waals surface area contributed by atoms with Crippen LogP contribution in [0.2, 0.25) is 0 Å². The topological polar surface area (TPSA) is 42.7 Å². The molecular formula is C21H21NO3. The molecule has 0 aliphatic rings. The number of esters is 1. The summed E-state index contributed by atoms with van der Waals surface area (Å²) in [7, 11) is 1.38. The molecule has 25 heavy (non-hydrogen) atoms. The van der Waals surface area contributed by atoms with Crippen molar-refractivity contribution in [1.29, 1.82) is 0 Å². The number of furan rings is 1. The third-order valence-corrected chi connectivity index (χ3v) is 4.02. The van der Waals surface area contributed by atoms with E-state index >= 15 is 0 Å². The zero-order valence-electron chi connectivity index (χ0n) is 14.2. The van der Waals surface area contributed by atoms with Crippen LogP contribution >= 0.6 is 0 Å². The highest BCUT2D eigenvalue weighted by Gasteiger charge is 2.18. The summed E-state index contributed by atoms with van der Waals surface area (Å²) in [4.78, 5) is 14.1. The standard InChI is InChI=1S/C21H21NO3/c1-24-21(23)19-12-13-25-20(19)16-22(14-17-8-4-2-5-9-17)15-18-10-6-3-7-11-18/h2-13H,14-16H2,1H3. The molecule has 0 atom stereocenters. The molecule has 0 bridgehead atoms. The lowest BCUT2D eigenvalue weighted by atomic mass is 10.1. The predicted molar refractivity (Wildman–Crippen MR) is 95.9 cm³/mol. The Kier molecular flexibility index (Phi) is 5.65. The van der Waals surface area contributed by atoms with Gasteiger partial charge in [-0.2, -0.15) is 0 Å². The molecule has 4 nitrogen and oxygen atoms in total. The number of rotatable bonds is 7. The summed E-state index contributed by atoms with van der Waals surface area (Å²) in [6, 6.07) is 22.2. The minimum absolute atomic E-state index is 0.372. The van der Waals surface area contributed by atoms with Crippen molar-refractivity contribution < 1.29 is 13.9 Å². The van der Waals surface area contributed by atoms with E-state index in [0.717, 1.165) is 13.1 Å². The Morgan fingerprint density at radius 3 is 1.96 bits per heavy atom. The number of carbonyl (C=O) groups excluding carboxylic acids is 1. The van der Waals surface area contributed by atoms with E-state index in [1.165, 1.54) is 24.5 Å². The number of methoxy groups -OCH3 is 1. The summed E-state index contributed by atoms with van der Waals surface area (Å²) >= 11 is 0. The van der Waals surface area contributed by atoms with Crippen molar-refractivity contribution in [2.24, 2.45) is 0 Å². The zero-order valence-corrected chi connectivity index (χ0v) is 14.2. The molecule has 0 amide bonds. The van der Waals surface area contributed by atoms with E-state index in [9.17, 15) is 4.79 Å². The van der Waals surface area contributed by atoms with Gasteiger partial charge in [-0.15, -0.1) is 0 Å². The normalized spacial score (nSPS) is 10.8. The van der Waals surface area contributed by atoms with Crippen LogP contribution in [-0.4, -0.2) is 18.0 Å². The van der Waals surface area contributed by atoms with Crippen molar-refractivity contribution >= 4 is 5.97 Å². The molecule has 3 rings (SSSR count). The van der Waals surface area contributed by atoms with Crippen LogP contribution in [0.1, 0.15) is 27.2 Å². The monoisotopic (exact) mass is 335 g/mol. The molecule has 0 N–H and O–H groups in total. The summed E-state index contributed by atoms with van der Waals surface area (Å²) in [5.41, 5.74) is 2.91. The zero-order chi connectivity index (χ0) is 17.5. The smallest absolute Gasteiger partial charge is 0.341 e. The molecule has 1 aromatic heterocycles. The van der Waals surface area contributed by atoms with Gasteiger partial charge in [0.2, 0.25) is 0 Å². The average molecular weight is 335 g/mol. The summed E-state index contributed by atoms with van der Waals surface area (Å²) in [6.45, 7) is 2.05. The molecule has 0 radical (unpaired) electrons. The SMILES string of the molecule is COC(=O)c1ccoc1CN(Cc1ccccc1)Cc1ccccc1. The number of hydrogen-bond acceptors (Lipinski definition) is 4. The third-order valence-electron chi connectivity index (χ3n) is 4.02. The van der Waals surface area contributed by atoms with E-state index < -0.39 is 0 Å². The summed E-state index contributed by atoms with van der Waals surface area (Å²) < 4.78 is 10.4. The van der Waals surface area contributed by atoms with Crippen molar-refractivity contribution in [3.05, 3.63) is 95.4 Å². The number of hydrogen-bond donors (Lipinski definition) is 0. The molecule has 0 aliphatic heterocycles. The molecule has 1 heterocycles. The Hall–Kier alpha value is -2.85. The van der Waals surface area contributed by atoms with Gasteiger partial charge in [0.1, 0.15) is 11.3 Å². The Balaban J connectivity index is 1.81. The maximum Gasteiger partial charge on any atom is 0.341 e. The summed E-state index contributed by atoms with van der Waals surface area (Å²) in [6.07, 6.45) is 1.53. The molecule has 128 valence electrons. The van der Waals surface area contributed by atoms with Crippen molar-refractivity contribution in [2.75, 3.05) is 7.11 Å². The first-order valence-corrected chi connectivity index (χ1v) is 8.21. The minimum Gasteiger partial charge on any atom is -0.467 e. The van der Waals surface area contributed by atoms with Crippen LogP contribution in [-0.2, 0) is 24.4 Å². The number of benzene rings is 2. The largest absolute Gasteiger partial charge is 0.467 e. The molecule has 0 spiro atoms. The van der Waals surface area contributed by atoms with Crippen LogP contribution in [0.15, 0.2) is 77.4 Å². The van der Waals surface area contributed by atoms with Gasteiger partial charge < -0.3 is 9.15 Å². The highest BCUT2D eigenvalue weighted by Crippen LogP contribution is 2.18. The van der Waals surface area contributed by atoms with Crippen LogP contribution in [0, 0.1) is 0 Å². The Morgan fingerprint density at radius 2 is 1.44 bits per heavy atom. The van der Waals surface area contributed by atoms with Crippen LogP contribution < -0.4 is 0 Å². The van der Waals surface area contributed by atoms with E-state index in [2.05, 4.69) is 29.2 Å². The van der Waals surface area contributed by atoms with Gasteiger partial charge in [-0.1, -0.05) is 60.7 Å². The molecule has 2 aromatic carbocycles. The predicted octanol–water partition coefficient (Wildman–Crippen LogP) is 4.27. The van der Waals surface area contributed by atoms with Crippen molar-refractivity contribution in [3.63, 3.8) is 0 Å². The van der Waals surface area contributed by atoms with Gasteiger partial charge in [0.05, 0.1) is 19.9 Å². The summed E-state index contributed by atoms with van der Waals surface area (Å²) in [5.74, 6) is 0.252. The van der Waals surface area contributed by atoms with Gasteiger partial charge in [-0.3, -0.25) is 4.90 Å². The Labute approximate surface area is 147 Å². The Morgan fingerprint density at radius 1 is 0.880 bits per heavy atom. The van der Waals surface area contributed by atoms with Gasteiger partial charge >= 0.3 is 5.97 Å². The highest BCUT2D eigenvalue weighted by molar-refractivity contribution is 5.90. The van der Waals surface area contributed by atoms with Crippen molar-refractivity contribution in [2.45, 2.75) is 19.6 Å². The number of ether oxygens (including phenoxy) is 1. The molecule has 0 fully saturated rings. The lowest BCUT2D eigenvalue weighted by Crippen LogP contribution is -2.23. The van der Waals surface area contributed by atoms with Crippen LogP contribution in [0.5, 0.6) is 0 Å². The van der Waals surface area contributed by atoms with E-state index in [1.807, 2.05) is 36.4 Å². The third kappa shape index (κ3) is 4.58. The van der Waals surface area contributed by atoms with Crippen molar-refractivity contribution in [1.82, 2.24) is 4.90 Å². The number of nitrogens with zero attached hydrogens (tertiary/aromatic N) is 1. The van der Waals surface area contributed by atoms with Gasteiger partial charge in [0.15, 0.2) is 0 Å². The second kappa shape index (κ2) is 8.31. The van der Waals surface area contributed by atoms with Crippen LogP contribution in [0.25, 0.3) is 0 Å². The highest BCUT2D eigenvalue weighted by atomic mass is 16.5. The first-order chi connectivity index (χ1) is 12.3. The van der Waals surface area contributed by atoms with Gasteiger partial charge in [0.25, 0.3) is 0 Å². The first kappa shape index (κ1) is 17.0. The number of carbonyl (C=O) groups is 1. The maximum absolute atomic E-state index is 11.9. The summed E-state index contributed by atoms with van der Waals surface area (Å²) in [5, 5.41) is 0. The lowest BCUT2D eigenvalue weighted by Gasteiger charge is -2.22. The van der Waals surface area contributed by atoms with Crippen molar-refractivity contribution in [3.8, 4) is 0 Å². The van der Waals surface area contributed by atoms with E-state index in [0.29, 0.717) is 17.9 Å². The average Bonchev–Trinajstić information content (AvgIpc) is 3.11. The molecule has 0 unspecified atom stereocenters. The first-order valence-electron chi connectivity index (χ1n) is 8.21. The van der Waals surface area contributed by atoms with Gasteiger partial charge in [-0.25, -0.2) is 4.79 Å². The molecular weight excluding hydrogens is 314 g/mol. The quantitative estimate of drug-likeness (QED) is 0.605. The molecule has 3 aromatic rings. The maximum atomic E-state index is 11.9. The van der Waals surface area contributed by atoms with Crippen LogP contribution in [0.3, 0.4) is 0 Å². The lowest BCUT2D eigenvalue weighted by molar-refractivity contribution is 0.0596. The van der Waals surface area contributed by atoms with E-state index in [-0.39, 0.29) is 5.97 Å². The molecule has 0 aliphatic carbocycles. The Bertz CT molecular complexity index is 755. The van der Waals surface area contributed by atoms with E-state index in [1.54, 1.807) is 6.07 Å². The van der Waals surface area contributed by atoms with Gasteiger partial charge in [0, 0.05) is 13.1 Å². The fraction of sp³-hybridized carbons (Fsp3) is 0.190. The molecule has 0 saturated heterocycles. The van der Waals surface area contributed by atoms with Crippen LogP contribution in [0.4, 0.5) is 0 Å². The molecule has 0 saturated carbocycles.